The lowest BCUT2D eigenvalue weighted by molar-refractivity contribution is 0.300. The molecule has 0 aliphatic rings. The summed E-state index contributed by atoms with van der Waals surface area (Å²) in [5.41, 5.74) is 1.38. The molecule has 0 aliphatic heterocycles. The lowest BCUT2D eigenvalue weighted by atomic mass is 10.2. The number of rotatable bonds is 5. The fourth-order valence-electron chi connectivity index (χ4n) is 2.46. The number of hydrogen-bond donors (Lipinski definition) is 0. The maximum absolute atomic E-state index is 13.2. The first kappa shape index (κ1) is 16.1. The molecule has 0 saturated carbocycles. The van der Waals surface area contributed by atoms with Gasteiger partial charge in [0.1, 0.15) is 12.4 Å². The Kier molecular flexibility index (Phi) is 4.27. The van der Waals surface area contributed by atoms with Crippen LogP contribution in [0.3, 0.4) is 0 Å². The smallest absolute Gasteiger partial charge is 0.250 e. The number of aromatic nitrogens is 4. The van der Waals surface area contributed by atoms with E-state index in [1.165, 1.54) is 6.92 Å². The first-order valence-electron chi connectivity index (χ1n) is 8.08. The third-order valence-electron chi connectivity index (χ3n) is 3.85. The SMILES string of the molecule is CC(F)c1nnc(-c2ccc(COc3ccc4ccncc4c3)nc2)o1. The van der Waals surface area contributed by atoms with Crippen LogP contribution in [-0.2, 0) is 6.61 Å². The normalized spacial score (nSPS) is 12.2. The number of ether oxygens (including phenoxy) is 1. The molecule has 4 aromatic rings. The molecule has 0 fully saturated rings. The van der Waals surface area contributed by atoms with Gasteiger partial charge in [-0.15, -0.1) is 10.2 Å². The summed E-state index contributed by atoms with van der Waals surface area (Å²) in [6.07, 6.45) is 3.86. The number of fused-ring (bicyclic) bond motifs is 1. The monoisotopic (exact) mass is 350 g/mol. The Morgan fingerprint density at radius 3 is 2.77 bits per heavy atom. The van der Waals surface area contributed by atoms with Gasteiger partial charge < -0.3 is 9.15 Å². The van der Waals surface area contributed by atoms with Crippen molar-refractivity contribution < 1.29 is 13.5 Å². The van der Waals surface area contributed by atoms with E-state index in [9.17, 15) is 4.39 Å². The second-order valence-electron chi connectivity index (χ2n) is 5.77. The molecule has 0 bridgehead atoms. The van der Waals surface area contributed by atoms with Gasteiger partial charge >= 0.3 is 0 Å². The van der Waals surface area contributed by atoms with E-state index in [-0.39, 0.29) is 11.8 Å². The number of nitrogens with zero attached hydrogens (tertiary/aromatic N) is 4. The van der Waals surface area contributed by atoms with E-state index in [1.807, 2.05) is 24.3 Å². The van der Waals surface area contributed by atoms with E-state index in [1.54, 1.807) is 30.7 Å². The molecule has 0 saturated heterocycles. The lowest BCUT2D eigenvalue weighted by Crippen LogP contribution is -1.98. The Hall–Kier alpha value is -3.35. The molecule has 3 heterocycles. The van der Waals surface area contributed by atoms with E-state index >= 15 is 0 Å². The van der Waals surface area contributed by atoms with Crippen LogP contribution in [0.4, 0.5) is 4.39 Å². The molecular formula is C19H15FN4O2. The second-order valence-corrected chi connectivity index (χ2v) is 5.77. The Labute approximate surface area is 148 Å². The van der Waals surface area contributed by atoms with Gasteiger partial charge in [0, 0.05) is 24.0 Å². The minimum Gasteiger partial charge on any atom is -0.487 e. The van der Waals surface area contributed by atoms with Gasteiger partial charge in [0.2, 0.25) is 5.89 Å². The number of alkyl halides is 1. The van der Waals surface area contributed by atoms with Gasteiger partial charge in [-0.25, -0.2) is 4.39 Å². The standard InChI is InChI=1S/C19H15FN4O2/c1-12(20)18-23-24-19(26-18)14-2-4-16(22-10-14)11-25-17-5-3-13-6-7-21-9-15(13)8-17/h2-10,12H,11H2,1H3. The average molecular weight is 350 g/mol. The van der Waals surface area contributed by atoms with Crippen LogP contribution in [0.5, 0.6) is 5.75 Å². The minimum absolute atomic E-state index is 0.0433. The van der Waals surface area contributed by atoms with Gasteiger partial charge in [0.05, 0.1) is 11.3 Å². The maximum atomic E-state index is 13.2. The Morgan fingerprint density at radius 1 is 1.08 bits per heavy atom. The predicted octanol–water partition coefficient (Wildman–Crippen LogP) is 4.29. The quantitative estimate of drug-likeness (QED) is 0.534. The molecule has 26 heavy (non-hydrogen) atoms. The highest BCUT2D eigenvalue weighted by atomic mass is 19.1. The summed E-state index contributed by atoms with van der Waals surface area (Å²) in [4.78, 5) is 8.44. The van der Waals surface area contributed by atoms with E-state index in [2.05, 4.69) is 20.2 Å². The van der Waals surface area contributed by atoms with Gasteiger partial charge in [-0.05, 0) is 42.6 Å². The van der Waals surface area contributed by atoms with Crippen LogP contribution >= 0.6 is 0 Å². The van der Waals surface area contributed by atoms with Crippen LogP contribution in [0.15, 0.2) is 59.4 Å². The summed E-state index contributed by atoms with van der Waals surface area (Å²) >= 11 is 0. The van der Waals surface area contributed by atoms with E-state index < -0.39 is 6.17 Å². The van der Waals surface area contributed by atoms with Crippen molar-refractivity contribution in [1.29, 1.82) is 0 Å². The van der Waals surface area contributed by atoms with Crippen LogP contribution < -0.4 is 4.74 Å². The Bertz CT molecular complexity index is 1030. The minimum atomic E-state index is -1.30. The molecule has 3 aromatic heterocycles. The molecule has 0 amide bonds. The van der Waals surface area contributed by atoms with Crippen LogP contribution in [0.2, 0.25) is 0 Å². The van der Waals surface area contributed by atoms with Gasteiger partial charge in [-0.3, -0.25) is 9.97 Å². The van der Waals surface area contributed by atoms with Crippen LogP contribution in [0.1, 0.15) is 24.7 Å². The van der Waals surface area contributed by atoms with Crippen molar-refractivity contribution in [2.75, 3.05) is 0 Å². The first-order chi connectivity index (χ1) is 12.7. The molecule has 6 nitrogen and oxygen atoms in total. The molecule has 0 spiro atoms. The van der Waals surface area contributed by atoms with Crippen molar-refractivity contribution in [3.63, 3.8) is 0 Å². The third kappa shape index (κ3) is 3.37. The van der Waals surface area contributed by atoms with Crippen molar-refractivity contribution in [2.45, 2.75) is 19.7 Å². The highest BCUT2D eigenvalue weighted by Gasteiger charge is 2.14. The van der Waals surface area contributed by atoms with E-state index in [0.29, 0.717) is 12.2 Å². The predicted molar refractivity (Wildman–Crippen MR) is 93.1 cm³/mol. The van der Waals surface area contributed by atoms with Gasteiger partial charge in [-0.1, -0.05) is 6.07 Å². The maximum Gasteiger partial charge on any atom is 0.250 e. The molecule has 0 aliphatic carbocycles. The van der Waals surface area contributed by atoms with Crippen LogP contribution in [0, 0.1) is 0 Å². The number of pyridine rings is 2. The van der Waals surface area contributed by atoms with Gasteiger partial charge in [0.15, 0.2) is 6.17 Å². The van der Waals surface area contributed by atoms with Crippen molar-refractivity contribution in [3.8, 4) is 17.2 Å². The zero-order chi connectivity index (χ0) is 17.9. The number of hydrogen-bond acceptors (Lipinski definition) is 6. The summed E-state index contributed by atoms with van der Waals surface area (Å²) in [5.74, 6) is 0.944. The topological polar surface area (TPSA) is 73.9 Å². The third-order valence-corrected chi connectivity index (χ3v) is 3.85. The van der Waals surface area contributed by atoms with Crippen LogP contribution in [0.25, 0.3) is 22.2 Å². The van der Waals surface area contributed by atoms with Crippen LogP contribution in [-0.4, -0.2) is 20.2 Å². The van der Waals surface area contributed by atoms with Crippen molar-refractivity contribution in [3.05, 3.63) is 66.6 Å². The Morgan fingerprint density at radius 2 is 2.00 bits per heavy atom. The molecule has 130 valence electrons. The zero-order valence-corrected chi connectivity index (χ0v) is 14.0. The Balaban J connectivity index is 1.44. The van der Waals surface area contributed by atoms with Gasteiger partial charge in [-0.2, -0.15) is 0 Å². The molecule has 1 atom stereocenters. The molecule has 7 heteroatoms. The summed E-state index contributed by atoms with van der Waals surface area (Å²) in [6.45, 7) is 1.67. The highest BCUT2D eigenvalue weighted by Crippen LogP contribution is 2.23. The lowest BCUT2D eigenvalue weighted by Gasteiger charge is -2.07. The molecule has 1 unspecified atom stereocenters. The fourth-order valence-corrected chi connectivity index (χ4v) is 2.46. The molecule has 0 radical (unpaired) electrons. The molecular weight excluding hydrogens is 335 g/mol. The van der Waals surface area contributed by atoms with Gasteiger partial charge in [0.25, 0.3) is 5.89 Å². The molecule has 4 rings (SSSR count). The zero-order valence-electron chi connectivity index (χ0n) is 14.0. The van der Waals surface area contributed by atoms with Crippen molar-refractivity contribution in [1.82, 2.24) is 20.2 Å². The summed E-state index contributed by atoms with van der Waals surface area (Å²) in [7, 11) is 0. The average Bonchev–Trinajstić information content (AvgIpc) is 3.17. The first-order valence-corrected chi connectivity index (χ1v) is 8.08. The summed E-state index contributed by atoms with van der Waals surface area (Å²) in [5, 5.41) is 9.62. The molecule has 0 N–H and O–H groups in total. The van der Waals surface area contributed by atoms with E-state index in [0.717, 1.165) is 22.2 Å². The summed E-state index contributed by atoms with van der Waals surface area (Å²) < 4.78 is 24.2. The largest absolute Gasteiger partial charge is 0.487 e. The molecule has 1 aromatic carbocycles. The number of benzene rings is 1. The van der Waals surface area contributed by atoms with E-state index in [4.69, 9.17) is 9.15 Å². The number of halogens is 1. The fraction of sp³-hybridized carbons (Fsp3) is 0.158. The second kappa shape index (κ2) is 6.87. The highest BCUT2D eigenvalue weighted by molar-refractivity contribution is 5.82. The van der Waals surface area contributed by atoms with Crippen molar-refractivity contribution >= 4 is 10.8 Å². The van der Waals surface area contributed by atoms with Crippen molar-refractivity contribution in [2.24, 2.45) is 0 Å². The summed E-state index contributed by atoms with van der Waals surface area (Å²) in [6, 6.07) is 11.4.